The summed E-state index contributed by atoms with van der Waals surface area (Å²) in [6.45, 7) is 0. The number of nitrogens with zero attached hydrogens (tertiary/aromatic N) is 1. The van der Waals surface area contributed by atoms with Gasteiger partial charge in [0.15, 0.2) is 5.57 Å². The predicted octanol–water partition coefficient (Wildman–Crippen LogP) is 3.74. The van der Waals surface area contributed by atoms with E-state index in [0.29, 0.717) is 0 Å². The minimum absolute atomic E-state index is 0.478. The second-order valence-electron chi connectivity index (χ2n) is 2.70. The first kappa shape index (κ1) is 16.0. The highest BCUT2D eigenvalue weighted by Gasteiger charge is 2.61. The average molecular weight is 279 g/mol. The van der Waals surface area contributed by atoms with Gasteiger partial charge >= 0.3 is 18.5 Å². The quantitative estimate of drug-likeness (QED) is 0.549. The fourth-order valence-corrected chi connectivity index (χ4v) is 0.718. The van der Waals surface area contributed by atoms with E-state index in [1.807, 2.05) is 0 Å². The summed E-state index contributed by atoms with van der Waals surface area (Å²) in [5.74, 6) is 0. The Balaban J connectivity index is 5.66. The predicted molar refractivity (Wildman–Crippen MR) is 34.1 cm³/mol. The molecule has 102 valence electrons. The molecule has 0 aliphatic heterocycles. The zero-order valence-corrected chi connectivity index (χ0v) is 7.73. The van der Waals surface area contributed by atoms with Gasteiger partial charge in [-0.15, -0.1) is 0 Å². The molecule has 0 rings (SSSR count). The molecule has 0 fully saturated rings. The van der Waals surface area contributed by atoms with Crippen LogP contribution in [-0.2, 0) is 0 Å². The van der Waals surface area contributed by atoms with E-state index in [9.17, 15) is 43.9 Å². The summed E-state index contributed by atoms with van der Waals surface area (Å²) >= 11 is 0. The van der Waals surface area contributed by atoms with Gasteiger partial charge < -0.3 is 0 Å². The van der Waals surface area contributed by atoms with Crippen LogP contribution in [0.15, 0.2) is 11.7 Å². The number of hydrogen-bond acceptors (Lipinski definition) is 1. The van der Waals surface area contributed by atoms with Gasteiger partial charge in [-0.2, -0.15) is 48.8 Å². The van der Waals surface area contributed by atoms with Crippen molar-refractivity contribution in [3.8, 4) is 0 Å². The Morgan fingerprint density at radius 2 is 1.18 bits per heavy atom. The zero-order chi connectivity index (χ0) is 14.2. The molecular weight excluding hydrogens is 276 g/mol. The monoisotopic (exact) mass is 279 g/mol. The lowest BCUT2D eigenvalue weighted by molar-refractivity contribution is -0.319. The van der Waals surface area contributed by atoms with Gasteiger partial charge in [0.2, 0.25) is 0 Å². The fourth-order valence-electron chi connectivity index (χ4n) is 0.718. The molecule has 0 saturated heterocycles. The summed E-state index contributed by atoms with van der Waals surface area (Å²) in [6.07, 6.45) is -16.1. The lowest BCUT2D eigenvalue weighted by atomic mass is 10.2. The van der Waals surface area contributed by atoms with E-state index in [-0.39, 0.29) is 0 Å². The Morgan fingerprint density at radius 1 is 0.824 bits per heavy atom. The van der Waals surface area contributed by atoms with E-state index >= 15 is 0 Å². The first-order valence-electron chi connectivity index (χ1n) is 3.53. The molecular formula is C6H3F10N. The van der Waals surface area contributed by atoms with E-state index < -0.39 is 42.1 Å². The highest BCUT2D eigenvalue weighted by Crippen LogP contribution is 2.44. The number of likely N-dealkylation sites (N-methyl/N-ethyl adjacent to an activating group) is 1. The largest absolute Gasteiger partial charge is 0.464 e. The van der Waals surface area contributed by atoms with E-state index in [1.54, 1.807) is 0 Å². The van der Waals surface area contributed by atoms with E-state index in [2.05, 4.69) is 0 Å². The number of halogens is 10. The molecule has 0 saturated carbocycles. The van der Waals surface area contributed by atoms with Gasteiger partial charge in [0.25, 0.3) is 6.08 Å². The molecule has 0 aromatic rings. The smallest absolute Gasteiger partial charge is 0.183 e. The minimum atomic E-state index is -6.29. The Morgan fingerprint density at radius 3 is 1.35 bits per heavy atom. The molecule has 0 spiro atoms. The van der Waals surface area contributed by atoms with Crippen LogP contribution in [-0.4, -0.2) is 30.5 Å². The van der Waals surface area contributed by atoms with Gasteiger partial charge in [0.1, 0.15) is 0 Å². The molecule has 0 amide bonds. The summed E-state index contributed by atoms with van der Waals surface area (Å²) in [4.78, 5) is -2.05. The third-order valence-electron chi connectivity index (χ3n) is 1.57. The third kappa shape index (κ3) is 3.48. The normalized spacial score (nSPS) is 14.1. The highest BCUT2D eigenvalue weighted by atomic mass is 19.4. The van der Waals surface area contributed by atoms with Crippen molar-refractivity contribution in [1.29, 1.82) is 0 Å². The molecule has 0 heterocycles. The molecule has 0 radical (unpaired) electrons. The van der Waals surface area contributed by atoms with Gasteiger partial charge in [0.05, 0.1) is 0 Å². The van der Waals surface area contributed by atoms with Gasteiger partial charge in [-0.25, -0.2) is 0 Å². The molecule has 1 nitrogen and oxygen atoms in total. The SMILES string of the molecule is CN(C(F)(F)F)C(F)(F)C(=C(F)F)C(F)(F)F. The van der Waals surface area contributed by atoms with Crippen LogP contribution in [0.2, 0.25) is 0 Å². The first-order chi connectivity index (χ1) is 7.22. The van der Waals surface area contributed by atoms with Crippen molar-refractivity contribution in [2.24, 2.45) is 0 Å². The Labute approximate surface area is 87.3 Å². The van der Waals surface area contributed by atoms with Crippen LogP contribution >= 0.6 is 0 Å². The second-order valence-corrected chi connectivity index (χ2v) is 2.70. The zero-order valence-electron chi connectivity index (χ0n) is 7.73. The number of hydrogen-bond donors (Lipinski definition) is 0. The van der Waals surface area contributed by atoms with Crippen LogP contribution in [0.3, 0.4) is 0 Å². The van der Waals surface area contributed by atoms with Gasteiger partial charge in [0, 0.05) is 7.05 Å². The van der Waals surface area contributed by atoms with Gasteiger partial charge in [-0.1, -0.05) is 0 Å². The van der Waals surface area contributed by atoms with E-state index in [1.165, 1.54) is 0 Å². The maximum atomic E-state index is 12.7. The molecule has 0 unspecified atom stereocenters. The molecule has 0 aromatic carbocycles. The fraction of sp³-hybridized carbons (Fsp3) is 0.667. The summed E-state index contributed by atoms with van der Waals surface area (Å²) in [5, 5.41) is 0. The van der Waals surface area contributed by atoms with Gasteiger partial charge in [-0.3, -0.25) is 0 Å². The second kappa shape index (κ2) is 4.35. The molecule has 17 heavy (non-hydrogen) atoms. The van der Waals surface area contributed by atoms with Crippen molar-refractivity contribution in [3.63, 3.8) is 0 Å². The van der Waals surface area contributed by atoms with Crippen LogP contribution in [0.1, 0.15) is 0 Å². The number of rotatable bonds is 2. The summed E-state index contributed by atoms with van der Waals surface area (Å²) in [5.41, 5.74) is -3.84. The summed E-state index contributed by atoms with van der Waals surface area (Å²) < 4.78 is 120. The summed E-state index contributed by atoms with van der Waals surface area (Å²) in [6, 6.07) is -5.92. The Bertz CT molecular complexity index is 306. The van der Waals surface area contributed by atoms with Crippen molar-refractivity contribution in [3.05, 3.63) is 11.7 Å². The molecule has 0 aromatic heterocycles. The van der Waals surface area contributed by atoms with Crippen LogP contribution in [0.25, 0.3) is 0 Å². The van der Waals surface area contributed by atoms with E-state index in [0.717, 1.165) is 0 Å². The van der Waals surface area contributed by atoms with Gasteiger partial charge in [-0.05, 0) is 0 Å². The van der Waals surface area contributed by atoms with Crippen LogP contribution in [0.5, 0.6) is 0 Å². The maximum Gasteiger partial charge on any atom is 0.464 e. The van der Waals surface area contributed by atoms with Crippen molar-refractivity contribution in [2.45, 2.75) is 18.5 Å². The van der Waals surface area contributed by atoms with Crippen molar-refractivity contribution in [2.75, 3.05) is 7.05 Å². The molecule has 0 aliphatic rings. The lowest BCUT2D eigenvalue weighted by Gasteiger charge is -2.30. The first-order valence-corrected chi connectivity index (χ1v) is 3.53. The maximum absolute atomic E-state index is 12.7. The Hall–Kier alpha value is -1.00. The lowest BCUT2D eigenvalue weighted by Crippen LogP contribution is -2.51. The molecule has 0 aliphatic carbocycles. The topological polar surface area (TPSA) is 3.24 Å². The van der Waals surface area contributed by atoms with Crippen LogP contribution < -0.4 is 0 Å². The van der Waals surface area contributed by atoms with Crippen molar-refractivity contribution >= 4 is 0 Å². The average Bonchev–Trinajstić information content (AvgIpc) is 1.95. The standard InChI is InChI=1S/C6H3F10N/c1-17(6(14,15)16)5(12,13)2(3(7)8)4(9,10)11/h1H3. The molecule has 0 bridgehead atoms. The van der Waals surface area contributed by atoms with Crippen molar-refractivity contribution in [1.82, 2.24) is 4.90 Å². The number of alkyl halides is 8. The van der Waals surface area contributed by atoms with Crippen molar-refractivity contribution < 1.29 is 43.9 Å². The molecule has 11 heteroatoms. The molecule has 0 atom stereocenters. The summed E-state index contributed by atoms with van der Waals surface area (Å²) in [7, 11) is -0.478. The Kier molecular flexibility index (Phi) is 4.09. The minimum Gasteiger partial charge on any atom is -0.183 e. The third-order valence-corrected chi connectivity index (χ3v) is 1.57. The highest BCUT2D eigenvalue weighted by molar-refractivity contribution is 5.18. The van der Waals surface area contributed by atoms with Crippen LogP contribution in [0, 0.1) is 0 Å². The molecule has 0 N–H and O–H groups in total. The van der Waals surface area contributed by atoms with E-state index in [4.69, 9.17) is 0 Å². The van der Waals surface area contributed by atoms with Crippen LogP contribution in [0.4, 0.5) is 43.9 Å².